The van der Waals surface area contributed by atoms with E-state index in [0.29, 0.717) is 5.57 Å². The molecule has 22 heavy (non-hydrogen) atoms. The molecule has 2 rings (SSSR count). The van der Waals surface area contributed by atoms with Crippen LogP contribution in [0.15, 0.2) is 12.2 Å². The second-order valence-corrected chi connectivity index (χ2v) is 7.73. The van der Waals surface area contributed by atoms with Gasteiger partial charge >= 0.3 is 5.97 Å². The minimum Gasteiger partial charge on any atom is -0.456 e. The zero-order valence-corrected chi connectivity index (χ0v) is 14.2. The van der Waals surface area contributed by atoms with E-state index in [4.69, 9.17) is 14.2 Å². The number of hydrogen-bond acceptors (Lipinski definition) is 5. The highest BCUT2D eigenvalue weighted by Crippen LogP contribution is 2.46. The van der Waals surface area contributed by atoms with Crippen LogP contribution in [0.2, 0.25) is 0 Å². The summed E-state index contributed by atoms with van der Waals surface area (Å²) in [7, 11) is 0. The molecule has 2 heterocycles. The quantitative estimate of drug-likeness (QED) is 0.602. The van der Waals surface area contributed by atoms with Crippen molar-refractivity contribution in [1.29, 1.82) is 0 Å². The van der Waals surface area contributed by atoms with Gasteiger partial charge in [0.05, 0.1) is 23.9 Å². The molecule has 0 spiro atoms. The summed E-state index contributed by atoms with van der Waals surface area (Å²) >= 11 is 0. The summed E-state index contributed by atoms with van der Waals surface area (Å²) in [5.41, 5.74) is -0.924. The van der Waals surface area contributed by atoms with Crippen LogP contribution in [0.4, 0.5) is 0 Å². The second kappa shape index (κ2) is 5.95. The maximum absolute atomic E-state index is 11.7. The fourth-order valence-corrected chi connectivity index (χ4v) is 3.18. The number of aliphatic hydroxyl groups is 1. The lowest BCUT2D eigenvalue weighted by Crippen LogP contribution is -2.48. The van der Waals surface area contributed by atoms with Crippen molar-refractivity contribution in [1.82, 2.24) is 0 Å². The Morgan fingerprint density at radius 2 is 1.95 bits per heavy atom. The molecule has 0 aliphatic carbocycles. The number of ether oxygens (including phenoxy) is 3. The molecule has 2 bridgehead atoms. The van der Waals surface area contributed by atoms with Crippen LogP contribution in [0.1, 0.15) is 47.5 Å². The predicted molar refractivity (Wildman–Crippen MR) is 82.4 cm³/mol. The fraction of sp³-hybridized carbons (Fsp3) is 0.824. The van der Waals surface area contributed by atoms with Crippen LogP contribution in [0.3, 0.4) is 0 Å². The first-order valence-corrected chi connectivity index (χ1v) is 7.88. The van der Waals surface area contributed by atoms with Crippen molar-refractivity contribution in [3.05, 3.63) is 12.2 Å². The van der Waals surface area contributed by atoms with E-state index in [0.717, 1.165) is 12.8 Å². The average molecular weight is 312 g/mol. The molecule has 2 saturated heterocycles. The van der Waals surface area contributed by atoms with Crippen molar-refractivity contribution >= 4 is 5.97 Å². The highest BCUT2D eigenvalue weighted by Gasteiger charge is 2.54. The molecule has 4 unspecified atom stereocenters. The standard InChI is InChI=1S/C17H28O5/c1-10(2)15(18)22-13-8-11-7-12(14(13)21-11)17(5,6)20-9-16(3,4)19/h11-14,19H,1,7-9H2,2-6H3. The first-order chi connectivity index (χ1) is 9.99. The number of rotatable bonds is 6. The van der Waals surface area contributed by atoms with E-state index in [1.54, 1.807) is 20.8 Å². The number of esters is 1. The maximum Gasteiger partial charge on any atom is 0.333 e. The number of carbonyl (C=O) groups is 1. The Labute approximate surface area is 132 Å². The van der Waals surface area contributed by atoms with E-state index >= 15 is 0 Å². The van der Waals surface area contributed by atoms with Gasteiger partial charge < -0.3 is 19.3 Å². The molecular weight excluding hydrogens is 284 g/mol. The van der Waals surface area contributed by atoms with Gasteiger partial charge in [-0.2, -0.15) is 0 Å². The van der Waals surface area contributed by atoms with Gasteiger partial charge in [-0.3, -0.25) is 0 Å². The molecule has 2 aliphatic heterocycles. The molecule has 0 saturated carbocycles. The van der Waals surface area contributed by atoms with Crippen molar-refractivity contribution in [2.45, 2.75) is 77.0 Å². The van der Waals surface area contributed by atoms with Crippen LogP contribution < -0.4 is 0 Å². The molecular formula is C17H28O5. The minimum absolute atomic E-state index is 0.114. The molecule has 2 aliphatic rings. The Kier molecular flexibility index (Phi) is 4.71. The largest absolute Gasteiger partial charge is 0.456 e. The molecule has 4 atom stereocenters. The van der Waals surface area contributed by atoms with Gasteiger partial charge in [-0.05, 0) is 41.0 Å². The van der Waals surface area contributed by atoms with E-state index < -0.39 is 11.2 Å². The summed E-state index contributed by atoms with van der Waals surface area (Å²) in [6.45, 7) is 13.0. The summed E-state index contributed by atoms with van der Waals surface area (Å²) in [5, 5.41) is 9.85. The van der Waals surface area contributed by atoms with Crippen LogP contribution >= 0.6 is 0 Å². The summed E-state index contributed by atoms with van der Waals surface area (Å²) in [6.07, 6.45) is 1.36. The molecule has 1 N–H and O–H groups in total. The van der Waals surface area contributed by atoms with Gasteiger partial charge in [-0.15, -0.1) is 0 Å². The van der Waals surface area contributed by atoms with Gasteiger partial charge in [0, 0.05) is 17.9 Å². The minimum atomic E-state index is -0.873. The zero-order valence-electron chi connectivity index (χ0n) is 14.2. The number of fused-ring (bicyclic) bond motifs is 2. The van der Waals surface area contributed by atoms with E-state index in [1.807, 2.05) is 13.8 Å². The smallest absolute Gasteiger partial charge is 0.333 e. The Balaban J connectivity index is 2.01. The third-order valence-electron chi connectivity index (χ3n) is 4.42. The van der Waals surface area contributed by atoms with Gasteiger partial charge in [-0.25, -0.2) is 4.79 Å². The monoisotopic (exact) mass is 312 g/mol. The van der Waals surface area contributed by atoms with Crippen LogP contribution in [0.5, 0.6) is 0 Å². The van der Waals surface area contributed by atoms with Crippen LogP contribution in [0.25, 0.3) is 0 Å². The number of hydrogen-bond donors (Lipinski definition) is 1. The average Bonchev–Trinajstić information content (AvgIpc) is 2.95. The fourth-order valence-electron chi connectivity index (χ4n) is 3.18. The number of carbonyl (C=O) groups excluding carboxylic acids is 1. The topological polar surface area (TPSA) is 65.0 Å². The predicted octanol–water partition coefficient (Wildman–Crippen LogP) is 2.22. The summed E-state index contributed by atoms with van der Waals surface area (Å²) in [6, 6.07) is 0. The van der Waals surface area contributed by atoms with Gasteiger partial charge in [0.15, 0.2) is 0 Å². The van der Waals surface area contributed by atoms with Crippen molar-refractivity contribution < 1.29 is 24.1 Å². The molecule has 5 nitrogen and oxygen atoms in total. The molecule has 0 amide bonds. The Morgan fingerprint density at radius 3 is 2.45 bits per heavy atom. The second-order valence-electron chi connectivity index (χ2n) is 7.73. The van der Waals surface area contributed by atoms with Crippen LogP contribution in [-0.4, -0.2) is 47.2 Å². The van der Waals surface area contributed by atoms with Crippen molar-refractivity contribution in [2.24, 2.45) is 5.92 Å². The van der Waals surface area contributed by atoms with Crippen molar-refractivity contribution in [3.8, 4) is 0 Å². The molecule has 2 fully saturated rings. The zero-order chi connectivity index (χ0) is 16.7. The molecule has 0 aromatic heterocycles. The van der Waals surface area contributed by atoms with E-state index in [9.17, 15) is 9.90 Å². The molecule has 0 aromatic rings. The van der Waals surface area contributed by atoms with Crippen LogP contribution in [-0.2, 0) is 19.0 Å². The molecule has 5 heteroatoms. The summed E-state index contributed by atoms with van der Waals surface area (Å²) in [5.74, 6) is -0.230. The Morgan fingerprint density at radius 1 is 1.32 bits per heavy atom. The Bertz CT molecular complexity index is 448. The van der Waals surface area contributed by atoms with E-state index in [1.165, 1.54) is 0 Å². The first kappa shape index (κ1) is 17.4. The third-order valence-corrected chi connectivity index (χ3v) is 4.42. The van der Waals surface area contributed by atoms with E-state index in [2.05, 4.69) is 6.58 Å². The molecule has 126 valence electrons. The molecule has 0 radical (unpaired) electrons. The van der Waals surface area contributed by atoms with Crippen LogP contribution in [0, 0.1) is 5.92 Å². The maximum atomic E-state index is 11.7. The highest BCUT2D eigenvalue weighted by molar-refractivity contribution is 5.87. The van der Waals surface area contributed by atoms with Crippen molar-refractivity contribution in [3.63, 3.8) is 0 Å². The lowest BCUT2D eigenvalue weighted by atomic mass is 9.77. The van der Waals surface area contributed by atoms with Gasteiger partial charge in [-0.1, -0.05) is 6.58 Å². The summed E-state index contributed by atoms with van der Waals surface area (Å²) < 4.78 is 17.4. The van der Waals surface area contributed by atoms with E-state index in [-0.39, 0.29) is 36.8 Å². The van der Waals surface area contributed by atoms with Crippen molar-refractivity contribution in [2.75, 3.05) is 6.61 Å². The van der Waals surface area contributed by atoms with Gasteiger partial charge in [0.2, 0.25) is 0 Å². The summed E-state index contributed by atoms with van der Waals surface area (Å²) in [4.78, 5) is 11.7. The SMILES string of the molecule is C=C(C)C(=O)OC1CC2CC(C(C)(C)OCC(C)(C)O)C1O2. The highest BCUT2D eigenvalue weighted by atomic mass is 16.6. The molecule has 0 aromatic carbocycles. The normalized spacial score (nSPS) is 31.4. The third kappa shape index (κ3) is 3.89. The first-order valence-electron chi connectivity index (χ1n) is 7.88. The lowest BCUT2D eigenvalue weighted by molar-refractivity contribution is -0.157. The Hall–Kier alpha value is -0.910. The lowest BCUT2D eigenvalue weighted by Gasteiger charge is -2.39. The van der Waals surface area contributed by atoms with Gasteiger partial charge in [0.25, 0.3) is 0 Å². The van der Waals surface area contributed by atoms with Gasteiger partial charge in [0.1, 0.15) is 12.2 Å².